The number of amides is 1. The van der Waals surface area contributed by atoms with E-state index in [4.69, 9.17) is 0 Å². The molecule has 0 saturated carbocycles. The van der Waals surface area contributed by atoms with Gasteiger partial charge in [0.15, 0.2) is 0 Å². The van der Waals surface area contributed by atoms with Crippen LogP contribution in [0.2, 0.25) is 0 Å². The van der Waals surface area contributed by atoms with Crippen molar-refractivity contribution in [3.05, 3.63) is 91.9 Å². The van der Waals surface area contributed by atoms with Crippen LogP contribution in [0.15, 0.2) is 63.5 Å². The standard InChI is InChI=1S/C21H15F2N3O3S/c1-12-9-14(23)5-6-16(12)26-20(28)19-17(7-8-30-19)25(21(26)29)11-18(27)24-15-4-2-3-13(22)10-15/h2-10H,11H2,1H3,(H,24,27). The van der Waals surface area contributed by atoms with Crippen LogP contribution in [0.5, 0.6) is 0 Å². The first-order valence-electron chi connectivity index (χ1n) is 8.90. The van der Waals surface area contributed by atoms with Gasteiger partial charge in [-0.05, 0) is 60.3 Å². The molecular formula is C21H15F2N3O3S. The van der Waals surface area contributed by atoms with E-state index in [0.717, 1.165) is 28.0 Å². The van der Waals surface area contributed by atoms with Gasteiger partial charge in [-0.3, -0.25) is 14.2 Å². The first-order chi connectivity index (χ1) is 14.3. The SMILES string of the molecule is Cc1cc(F)ccc1-n1c(=O)c2sccc2n(CC(=O)Nc2cccc(F)c2)c1=O. The van der Waals surface area contributed by atoms with E-state index in [2.05, 4.69) is 5.32 Å². The number of fused-ring (bicyclic) bond motifs is 1. The Morgan fingerprint density at radius 2 is 1.83 bits per heavy atom. The van der Waals surface area contributed by atoms with Gasteiger partial charge in [0.2, 0.25) is 5.91 Å². The molecule has 9 heteroatoms. The van der Waals surface area contributed by atoms with Crippen molar-refractivity contribution in [3.63, 3.8) is 0 Å². The smallest absolute Gasteiger partial charge is 0.324 e. The third-order valence-corrected chi connectivity index (χ3v) is 5.46. The van der Waals surface area contributed by atoms with E-state index in [1.54, 1.807) is 18.4 Å². The van der Waals surface area contributed by atoms with Gasteiger partial charge in [-0.1, -0.05) is 6.07 Å². The minimum Gasteiger partial charge on any atom is -0.324 e. The molecule has 1 amide bonds. The Morgan fingerprint density at radius 1 is 1.07 bits per heavy atom. The van der Waals surface area contributed by atoms with Crippen LogP contribution in [0.25, 0.3) is 15.9 Å². The largest absolute Gasteiger partial charge is 0.336 e. The molecule has 0 aliphatic heterocycles. The fourth-order valence-corrected chi connectivity index (χ4v) is 4.06. The molecule has 4 aromatic rings. The van der Waals surface area contributed by atoms with Crippen molar-refractivity contribution in [2.45, 2.75) is 13.5 Å². The molecule has 0 aliphatic rings. The first-order valence-corrected chi connectivity index (χ1v) is 9.78. The van der Waals surface area contributed by atoms with Crippen LogP contribution >= 0.6 is 11.3 Å². The van der Waals surface area contributed by atoms with Gasteiger partial charge in [-0.2, -0.15) is 0 Å². The van der Waals surface area contributed by atoms with Crippen molar-refractivity contribution in [3.8, 4) is 5.69 Å². The number of aromatic nitrogens is 2. The summed E-state index contributed by atoms with van der Waals surface area (Å²) in [6.45, 7) is 1.20. The third kappa shape index (κ3) is 3.55. The molecule has 2 heterocycles. The lowest BCUT2D eigenvalue weighted by atomic mass is 10.2. The zero-order valence-electron chi connectivity index (χ0n) is 15.7. The predicted octanol–water partition coefficient (Wildman–Crippen LogP) is 3.44. The van der Waals surface area contributed by atoms with E-state index < -0.39 is 28.8 Å². The summed E-state index contributed by atoms with van der Waals surface area (Å²) in [4.78, 5) is 38.6. The van der Waals surface area contributed by atoms with Crippen molar-refractivity contribution < 1.29 is 13.6 Å². The highest BCUT2D eigenvalue weighted by Crippen LogP contribution is 2.18. The Balaban J connectivity index is 1.82. The second-order valence-corrected chi connectivity index (χ2v) is 7.55. The number of thiophene rings is 1. The van der Waals surface area contributed by atoms with E-state index >= 15 is 0 Å². The molecule has 0 saturated heterocycles. The number of nitrogens with zero attached hydrogens (tertiary/aromatic N) is 2. The lowest BCUT2D eigenvalue weighted by Gasteiger charge is -2.14. The number of carbonyl (C=O) groups is 1. The Bertz CT molecular complexity index is 1400. The van der Waals surface area contributed by atoms with Gasteiger partial charge in [0.25, 0.3) is 5.56 Å². The van der Waals surface area contributed by atoms with Crippen molar-refractivity contribution in [1.82, 2.24) is 9.13 Å². The van der Waals surface area contributed by atoms with Crippen LogP contribution in [0, 0.1) is 18.6 Å². The Morgan fingerprint density at radius 3 is 2.57 bits per heavy atom. The number of nitrogens with one attached hydrogen (secondary N) is 1. The van der Waals surface area contributed by atoms with Crippen LogP contribution in [0.3, 0.4) is 0 Å². The summed E-state index contributed by atoms with van der Waals surface area (Å²) in [5, 5.41) is 4.18. The highest BCUT2D eigenvalue weighted by molar-refractivity contribution is 7.17. The quantitative estimate of drug-likeness (QED) is 0.542. The number of hydrogen-bond donors (Lipinski definition) is 1. The normalized spacial score (nSPS) is 11.0. The van der Waals surface area contributed by atoms with Crippen LogP contribution < -0.4 is 16.6 Å². The average molecular weight is 427 g/mol. The fourth-order valence-electron chi connectivity index (χ4n) is 3.23. The molecule has 6 nitrogen and oxygen atoms in total. The van der Waals surface area contributed by atoms with Crippen molar-refractivity contribution in [2.75, 3.05) is 5.32 Å². The highest BCUT2D eigenvalue weighted by Gasteiger charge is 2.19. The summed E-state index contributed by atoms with van der Waals surface area (Å²) in [6, 6.07) is 10.7. The maximum absolute atomic E-state index is 13.5. The molecule has 0 aliphatic carbocycles. The van der Waals surface area contributed by atoms with Crippen LogP contribution in [-0.4, -0.2) is 15.0 Å². The minimum atomic E-state index is -0.727. The van der Waals surface area contributed by atoms with Gasteiger partial charge in [-0.15, -0.1) is 11.3 Å². The van der Waals surface area contributed by atoms with E-state index in [0.29, 0.717) is 11.1 Å². The van der Waals surface area contributed by atoms with Crippen molar-refractivity contribution >= 4 is 33.1 Å². The van der Waals surface area contributed by atoms with E-state index in [9.17, 15) is 23.2 Å². The van der Waals surface area contributed by atoms with Gasteiger partial charge < -0.3 is 5.32 Å². The average Bonchev–Trinajstić information content (AvgIpc) is 3.17. The summed E-state index contributed by atoms with van der Waals surface area (Å²) in [6.07, 6.45) is 0. The molecule has 4 rings (SSSR count). The highest BCUT2D eigenvalue weighted by atomic mass is 32.1. The molecule has 30 heavy (non-hydrogen) atoms. The van der Waals surface area contributed by atoms with E-state index in [-0.39, 0.29) is 22.6 Å². The van der Waals surface area contributed by atoms with Gasteiger partial charge in [0.05, 0.1) is 11.2 Å². The summed E-state index contributed by atoms with van der Waals surface area (Å²) in [5.41, 5.74) is -0.0592. The van der Waals surface area contributed by atoms with E-state index in [1.165, 1.54) is 34.9 Å². The number of benzene rings is 2. The molecule has 0 radical (unpaired) electrons. The molecule has 0 atom stereocenters. The fraction of sp³-hybridized carbons (Fsp3) is 0.0952. The van der Waals surface area contributed by atoms with Gasteiger partial charge in [-0.25, -0.2) is 18.1 Å². The maximum Gasteiger partial charge on any atom is 0.336 e. The molecule has 0 spiro atoms. The number of aryl methyl sites for hydroxylation is 1. The Kier molecular flexibility index (Phi) is 5.04. The van der Waals surface area contributed by atoms with Crippen LogP contribution in [0.4, 0.5) is 14.5 Å². The molecule has 0 bridgehead atoms. The predicted molar refractivity (Wildman–Crippen MR) is 111 cm³/mol. The number of anilines is 1. The lowest BCUT2D eigenvalue weighted by molar-refractivity contribution is -0.116. The molecule has 0 fully saturated rings. The lowest BCUT2D eigenvalue weighted by Crippen LogP contribution is -2.40. The summed E-state index contributed by atoms with van der Waals surface area (Å²) in [7, 11) is 0. The van der Waals surface area contributed by atoms with Crippen molar-refractivity contribution in [2.24, 2.45) is 0 Å². The zero-order chi connectivity index (χ0) is 21.4. The van der Waals surface area contributed by atoms with Gasteiger partial charge in [0.1, 0.15) is 22.9 Å². The number of rotatable bonds is 4. The monoisotopic (exact) mass is 427 g/mol. The van der Waals surface area contributed by atoms with Gasteiger partial charge >= 0.3 is 5.69 Å². The summed E-state index contributed by atoms with van der Waals surface area (Å²) in [5.74, 6) is -1.56. The second-order valence-electron chi connectivity index (χ2n) is 6.63. The Labute approximate surface area is 172 Å². The van der Waals surface area contributed by atoms with Crippen LogP contribution in [0.1, 0.15) is 5.56 Å². The maximum atomic E-state index is 13.5. The Hall–Kier alpha value is -3.59. The molecular weight excluding hydrogens is 412 g/mol. The van der Waals surface area contributed by atoms with Crippen LogP contribution in [-0.2, 0) is 11.3 Å². The topological polar surface area (TPSA) is 73.1 Å². The number of halogens is 2. The first kappa shape index (κ1) is 19.7. The zero-order valence-corrected chi connectivity index (χ0v) is 16.5. The minimum absolute atomic E-state index is 0.237. The molecule has 2 aromatic heterocycles. The van der Waals surface area contributed by atoms with E-state index in [1.807, 2.05) is 0 Å². The molecule has 152 valence electrons. The molecule has 1 N–H and O–H groups in total. The third-order valence-electron chi connectivity index (χ3n) is 4.56. The molecule has 0 unspecified atom stereocenters. The molecule has 2 aromatic carbocycles. The summed E-state index contributed by atoms with van der Waals surface area (Å²) >= 11 is 1.14. The van der Waals surface area contributed by atoms with Gasteiger partial charge in [0, 0.05) is 5.69 Å². The second kappa shape index (κ2) is 7.68. The summed E-state index contributed by atoms with van der Waals surface area (Å²) < 4.78 is 29.3. The number of hydrogen-bond acceptors (Lipinski definition) is 4. The number of carbonyl (C=O) groups excluding carboxylic acids is 1. The van der Waals surface area contributed by atoms with Crippen molar-refractivity contribution in [1.29, 1.82) is 0 Å².